The molecule has 0 bridgehead atoms. The Morgan fingerprint density at radius 3 is 2.34 bits per heavy atom. The van der Waals surface area contributed by atoms with Crippen LogP contribution in [0.15, 0.2) is 54.6 Å². The van der Waals surface area contributed by atoms with E-state index in [-0.39, 0.29) is 11.9 Å². The first-order valence-electron chi connectivity index (χ1n) is 11.3. The number of ether oxygens (including phenoxy) is 1. The van der Waals surface area contributed by atoms with E-state index in [1.165, 1.54) is 5.56 Å². The Morgan fingerprint density at radius 2 is 1.72 bits per heavy atom. The first-order valence-corrected chi connectivity index (χ1v) is 11.3. The smallest absolute Gasteiger partial charge is 0.315 e. The Labute approximate surface area is 190 Å². The summed E-state index contributed by atoms with van der Waals surface area (Å²) in [6.07, 6.45) is 0.830. The third-order valence-corrected chi connectivity index (χ3v) is 6.32. The number of aromatic nitrogens is 1. The van der Waals surface area contributed by atoms with Crippen LogP contribution in [0.3, 0.4) is 0 Å². The molecule has 0 saturated carbocycles. The summed E-state index contributed by atoms with van der Waals surface area (Å²) in [5, 5.41) is 13.1. The molecule has 170 valence electrons. The fourth-order valence-electron chi connectivity index (χ4n) is 5.09. The zero-order valence-electron chi connectivity index (χ0n) is 19.9. The number of carbonyl (C=O) groups excluding carboxylic acids is 1. The van der Waals surface area contributed by atoms with Gasteiger partial charge in [0.1, 0.15) is 11.5 Å². The summed E-state index contributed by atoms with van der Waals surface area (Å²) >= 11 is 0. The van der Waals surface area contributed by atoms with E-state index in [4.69, 9.17) is 4.74 Å². The van der Waals surface area contributed by atoms with E-state index in [1.807, 2.05) is 73.9 Å². The number of rotatable bonds is 5. The molecule has 32 heavy (non-hydrogen) atoms. The van der Waals surface area contributed by atoms with Crippen LogP contribution >= 0.6 is 0 Å². The van der Waals surface area contributed by atoms with Crippen molar-refractivity contribution in [2.75, 3.05) is 20.6 Å². The number of para-hydroxylation sites is 1. The molecule has 5 nitrogen and oxygen atoms in total. The first-order chi connectivity index (χ1) is 15.0. The predicted molar refractivity (Wildman–Crippen MR) is 128 cm³/mol. The Balaban J connectivity index is 1.98. The van der Waals surface area contributed by atoms with Gasteiger partial charge in [0, 0.05) is 23.5 Å². The van der Waals surface area contributed by atoms with Crippen molar-refractivity contribution in [2.24, 2.45) is 5.92 Å². The quantitative estimate of drug-likeness (QED) is 0.600. The van der Waals surface area contributed by atoms with Gasteiger partial charge in [-0.15, -0.1) is 0 Å². The summed E-state index contributed by atoms with van der Waals surface area (Å²) in [4.78, 5) is 15.7. The van der Waals surface area contributed by atoms with Crippen molar-refractivity contribution in [1.29, 1.82) is 0 Å². The normalized spacial score (nSPS) is 23.0. The molecular weight excluding hydrogens is 400 g/mol. The third-order valence-electron chi connectivity index (χ3n) is 6.32. The molecule has 3 atom stereocenters. The van der Waals surface area contributed by atoms with Crippen LogP contribution in [0, 0.1) is 5.92 Å². The number of benzene rings is 2. The van der Waals surface area contributed by atoms with Gasteiger partial charge in [-0.1, -0.05) is 48.5 Å². The van der Waals surface area contributed by atoms with Crippen LogP contribution in [0.1, 0.15) is 50.4 Å². The molecule has 0 unspecified atom stereocenters. The average Bonchev–Trinajstić information content (AvgIpc) is 3.16. The Kier molecular flexibility index (Phi) is 5.68. The van der Waals surface area contributed by atoms with Gasteiger partial charge in [0.05, 0.1) is 5.52 Å². The molecular formula is C27H34N2O3. The minimum atomic E-state index is -1.42. The van der Waals surface area contributed by atoms with E-state index in [2.05, 4.69) is 25.1 Å². The summed E-state index contributed by atoms with van der Waals surface area (Å²) in [5.74, 6) is -1.42. The molecule has 0 saturated heterocycles. The van der Waals surface area contributed by atoms with Gasteiger partial charge in [-0.05, 0) is 65.4 Å². The van der Waals surface area contributed by atoms with Crippen molar-refractivity contribution in [3.8, 4) is 0 Å². The molecule has 0 aliphatic carbocycles. The fraction of sp³-hybridized carbons (Fsp3) is 0.444. The molecule has 5 heteroatoms. The van der Waals surface area contributed by atoms with E-state index in [9.17, 15) is 9.90 Å². The van der Waals surface area contributed by atoms with E-state index in [0.29, 0.717) is 0 Å². The van der Waals surface area contributed by atoms with Gasteiger partial charge in [0.2, 0.25) is 0 Å². The van der Waals surface area contributed by atoms with E-state index in [0.717, 1.165) is 35.1 Å². The summed E-state index contributed by atoms with van der Waals surface area (Å²) in [6, 6.07) is 18.2. The van der Waals surface area contributed by atoms with Crippen molar-refractivity contribution in [2.45, 2.75) is 51.4 Å². The second-order valence-electron chi connectivity index (χ2n) is 10.3. The van der Waals surface area contributed by atoms with Gasteiger partial charge in [0.25, 0.3) is 0 Å². The van der Waals surface area contributed by atoms with Crippen LogP contribution in [0.4, 0.5) is 0 Å². The van der Waals surface area contributed by atoms with E-state index < -0.39 is 17.2 Å². The SMILES string of the molecule is CN(C)CCc1c2n(c3ccccc13)[C@](C)(O)[C@@H](C(=O)OC(C)(C)C)[C@@H]2c1ccccc1. The molecule has 1 aliphatic rings. The van der Waals surface area contributed by atoms with Gasteiger partial charge < -0.3 is 19.3 Å². The van der Waals surface area contributed by atoms with Crippen LogP contribution in [0.25, 0.3) is 10.9 Å². The lowest BCUT2D eigenvalue weighted by Crippen LogP contribution is -2.42. The highest BCUT2D eigenvalue weighted by Crippen LogP contribution is 2.53. The van der Waals surface area contributed by atoms with Crippen LogP contribution in [0.2, 0.25) is 0 Å². The largest absolute Gasteiger partial charge is 0.460 e. The van der Waals surface area contributed by atoms with Crippen molar-refractivity contribution in [3.63, 3.8) is 0 Å². The number of likely N-dealkylation sites (N-methyl/N-ethyl adjacent to an activating group) is 1. The molecule has 0 spiro atoms. The zero-order chi connectivity index (χ0) is 23.3. The van der Waals surface area contributed by atoms with Crippen molar-refractivity contribution < 1.29 is 14.6 Å². The summed E-state index contributed by atoms with van der Waals surface area (Å²) < 4.78 is 7.82. The van der Waals surface area contributed by atoms with Gasteiger partial charge in [0.15, 0.2) is 5.72 Å². The van der Waals surface area contributed by atoms with Crippen LogP contribution in [0.5, 0.6) is 0 Å². The Hall–Kier alpha value is -2.63. The monoisotopic (exact) mass is 434 g/mol. The van der Waals surface area contributed by atoms with Gasteiger partial charge >= 0.3 is 5.97 Å². The lowest BCUT2D eigenvalue weighted by molar-refractivity contribution is -0.173. The molecule has 0 fully saturated rings. The van der Waals surface area contributed by atoms with Crippen molar-refractivity contribution in [1.82, 2.24) is 9.47 Å². The number of hydrogen-bond donors (Lipinski definition) is 1. The summed E-state index contributed by atoms with van der Waals surface area (Å²) in [6.45, 7) is 8.22. The number of nitrogens with zero attached hydrogens (tertiary/aromatic N) is 2. The van der Waals surface area contributed by atoms with E-state index in [1.54, 1.807) is 6.92 Å². The number of aliphatic hydroxyl groups is 1. The minimum absolute atomic E-state index is 0.300. The maximum Gasteiger partial charge on any atom is 0.315 e. The van der Waals surface area contributed by atoms with E-state index >= 15 is 0 Å². The molecule has 3 aromatic rings. The third kappa shape index (κ3) is 3.84. The summed E-state index contributed by atoms with van der Waals surface area (Å²) in [5.41, 5.74) is 2.11. The van der Waals surface area contributed by atoms with Gasteiger partial charge in [-0.25, -0.2) is 0 Å². The molecule has 1 aromatic heterocycles. The van der Waals surface area contributed by atoms with Crippen LogP contribution < -0.4 is 0 Å². The standard InChI is InChI=1S/C27H34N2O3/c1-26(2,3)32-25(30)23-22(18-12-8-7-9-13-18)24-20(16-17-28(5)6)19-14-10-11-15-21(19)29(24)27(23,4)31/h7-15,22-23,31H,16-17H2,1-6H3/t22-,23+,27+/m0/s1. The second-order valence-corrected chi connectivity index (χ2v) is 10.3. The van der Waals surface area contributed by atoms with Crippen molar-refractivity contribution in [3.05, 3.63) is 71.4 Å². The highest BCUT2D eigenvalue weighted by atomic mass is 16.6. The Morgan fingerprint density at radius 1 is 1.09 bits per heavy atom. The number of fused-ring (bicyclic) bond motifs is 3. The van der Waals surface area contributed by atoms with Crippen LogP contribution in [-0.4, -0.2) is 46.8 Å². The topological polar surface area (TPSA) is 54.7 Å². The second kappa shape index (κ2) is 8.05. The average molecular weight is 435 g/mol. The fourth-order valence-corrected chi connectivity index (χ4v) is 5.09. The molecule has 4 rings (SSSR count). The van der Waals surface area contributed by atoms with Crippen LogP contribution in [-0.2, 0) is 21.7 Å². The maximum absolute atomic E-state index is 13.5. The number of hydrogen-bond acceptors (Lipinski definition) is 4. The molecule has 1 N–H and O–H groups in total. The molecule has 1 aliphatic heterocycles. The highest BCUT2D eigenvalue weighted by molar-refractivity contribution is 5.89. The highest BCUT2D eigenvalue weighted by Gasteiger charge is 2.55. The lowest BCUT2D eigenvalue weighted by atomic mass is 9.79. The molecule has 0 amide bonds. The molecule has 2 aromatic carbocycles. The Bertz CT molecular complexity index is 1120. The first kappa shape index (κ1) is 22.6. The zero-order valence-corrected chi connectivity index (χ0v) is 19.9. The lowest BCUT2D eigenvalue weighted by Gasteiger charge is -2.32. The van der Waals surface area contributed by atoms with Gasteiger partial charge in [-0.3, -0.25) is 4.79 Å². The number of carbonyl (C=O) groups is 1. The predicted octanol–water partition coefficient (Wildman–Crippen LogP) is 4.51. The summed E-state index contributed by atoms with van der Waals surface area (Å²) in [7, 11) is 4.12. The number of esters is 1. The maximum atomic E-state index is 13.5. The van der Waals surface area contributed by atoms with Gasteiger partial charge in [-0.2, -0.15) is 0 Å². The minimum Gasteiger partial charge on any atom is -0.460 e. The molecule has 2 heterocycles. The molecule has 0 radical (unpaired) electrons. The van der Waals surface area contributed by atoms with Crippen molar-refractivity contribution >= 4 is 16.9 Å².